The van der Waals surface area contributed by atoms with Gasteiger partial charge in [0.25, 0.3) is 0 Å². The lowest BCUT2D eigenvalue weighted by Crippen LogP contribution is -2.55. The van der Waals surface area contributed by atoms with Crippen LogP contribution in [0.3, 0.4) is 0 Å². The first-order valence-electron chi connectivity index (χ1n) is 6.87. The first-order valence-corrected chi connectivity index (χ1v) is 6.87. The molecule has 6 nitrogen and oxygen atoms in total. The van der Waals surface area contributed by atoms with Crippen molar-refractivity contribution in [2.24, 2.45) is 0 Å². The Morgan fingerprint density at radius 3 is 2.37 bits per heavy atom. The molecule has 2 aliphatic rings. The van der Waals surface area contributed by atoms with Crippen molar-refractivity contribution in [2.75, 3.05) is 39.3 Å². The molecule has 19 heavy (non-hydrogen) atoms. The number of rotatable bonds is 3. The van der Waals surface area contributed by atoms with Crippen LogP contribution in [0.25, 0.3) is 0 Å². The molecule has 0 aromatic carbocycles. The summed E-state index contributed by atoms with van der Waals surface area (Å²) in [5.74, 6) is 0. The van der Waals surface area contributed by atoms with Gasteiger partial charge in [-0.3, -0.25) is 10.3 Å². The van der Waals surface area contributed by atoms with Gasteiger partial charge in [-0.2, -0.15) is 0 Å². The first kappa shape index (κ1) is 14.6. The van der Waals surface area contributed by atoms with Gasteiger partial charge >= 0.3 is 6.09 Å². The minimum absolute atomic E-state index is 0.0702. The second-order valence-corrected chi connectivity index (χ2v) is 6.62. The summed E-state index contributed by atoms with van der Waals surface area (Å²) in [5.41, 5.74) is 2.40. The summed E-state index contributed by atoms with van der Waals surface area (Å²) < 4.78 is 10.6. The fourth-order valence-electron chi connectivity index (χ4n) is 2.14. The van der Waals surface area contributed by atoms with Crippen molar-refractivity contribution in [1.29, 1.82) is 0 Å². The number of hydrogen-bond acceptors (Lipinski definition) is 5. The van der Waals surface area contributed by atoms with Crippen molar-refractivity contribution in [2.45, 2.75) is 38.9 Å². The molecule has 2 fully saturated rings. The summed E-state index contributed by atoms with van der Waals surface area (Å²) in [4.78, 5) is 14.0. The molecule has 0 saturated carbocycles. The van der Waals surface area contributed by atoms with Gasteiger partial charge in [-0.1, -0.05) is 0 Å². The SMILES string of the molecule is CC(C)(C)OC(=O)NN1CCN(CC2(C)CO2)CC1. The van der Waals surface area contributed by atoms with Crippen LogP contribution in [0.4, 0.5) is 4.79 Å². The summed E-state index contributed by atoms with van der Waals surface area (Å²) in [6.45, 7) is 13.1. The van der Waals surface area contributed by atoms with E-state index >= 15 is 0 Å². The number of hydrogen-bond donors (Lipinski definition) is 1. The van der Waals surface area contributed by atoms with Gasteiger partial charge in [-0.25, -0.2) is 9.80 Å². The number of hydrazine groups is 1. The van der Waals surface area contributed by atoms with E-state index < -0.39 is 5.60 Å². The molecular formula is C13H25N3O3. The predicted octanol–water partition coefficient (Wildman–Crippen LogP) is 0.833. The Hall–Kier alpha value is -0.850. The Bertz CT molecular complexity index is 329. The van der Waals surface area contributed by atoms with Gasteiger partial charge in [0.15, 0.2) is 0 Å². The van der Waals surface area contributed by atoms with E-state index in [0.29, 0.717) is 0 Å². The van der Waals surface area contributed by atoms with Crippen LogP contribution in [-0.2, 0) is 9.47 Å². The third-order valence-corrected chi connectivity index (χ3v) is 3.22. The molecule has 0 radical (unpaired) electrons. The van der Waals surface area contributed by atoms with Crippen LogP contribution < -0.4 is 5.43 Å². The third kappa shape index (κ3) is 4.97. The number of epoxide rings is 1. The van der Waals surface area contributed by atoms with Crippen LogP contribution in [0.15, 0.2) is 0 Å². The summed E-state index contributed by atoms with van der Waals surface area (Å²) in [7, 11) is 0. The standard InChI is InChI=1S/C13H25N3O3/c1-12(2,3)19-11(17)14-16-7-5-15(6-8-16)9-13(4)10-18-13/h5-10H2,1-4H3,(H,14,17). The molecule has 0 spiro atoms. The van der Waals surface area contributed by atoms with E-state index in [2.05, 4.69) is 17.2 Å². The van der Waals surface area contributed by atoms with Gasteiger partial charge in [-0.15, -0.1) is 0 Å². The lowest BCUT2D eigenvalue weighted by atomic mass is 10.2. The molecule has 110 valence electrons. The molecule has 1 unspecified atom stereocenters. The monoisotopic (exact) mass is 271 g/mol. The highest BCUT2D eigenvalue weighted by Crippen LogP contribution is 2.27. The van der Waals surface area contributed by atoms with Crippen molar-refractivity contribution in [3.8, 4) is 0 Å². The maximum Gasteiger partial charge on any atom is 0.422 e. The molecule has 0 bridgehead atoms. The van der Waals surface area contributed by atoms with Crippen molar-refractivity contribution in [1.82, 2.24) is 15.3 Å². The maximum absolute atomic E-state index is 11.6. The molecule has 1 amide bonds. The largest absolute Gasteiger partial charge is 0.443 e. The van der Waals surface area contributed by atoms with E-state index in [4.69, 9.17) is 9.47 Å². The molecule has 2 rings (SSSR count). The highest BCUT2D eigenvalue weighted by atomic mass is 16.6. The van der Waals surface area contributed by atoms with Crippen LogP contribution in [-0.4, -0.2) is 66.5 Å². The molecular weight excluding hydrogens is 246 g/mol. The normalized spacial score (nSPS) is 29.1. The third-order valence-electron chi connectivity index (χ3n) is 3.22. The van der Waals surface area contributed by atoms with E-state index in [1.165, 1.54) is 0 Å². The van der Waals surface area contributed by atoms with Gasteiger partial charge < -0.3 is 9.47 Å². The molecule has 2 aliphatic heterocycles. The number of nitrogens with one attached hydrogen (secondary N) is 1. The quantitative estimate of drug-likeness (QED) is 0.771. The second kappa shape index (κ2) is 5.26. The fraction of sp³-hybridized carbons (Fsp3) is 0.923. The van der Waals surface area contributed by atoms with Crippen LogP contribution in [0.2, 0.25) is 0 Å². The Morgan fingerprint density at radius 1 is 1.32 bits per heavy atom. The van der Waals surface area contributed by atoms with E-state index in [1.807, 2.05) is 25.8 Å². The number of carbonyl (C=O) groups excluding carboxylic acids is 1. The summed E-state index contributed by atoms with van der Waals surface area (Å²) >= 11 is 0. The van der Waals surface area contributed by atoms with Gasteiger partial charge in [0.05, 0.1) is 6.61 Å². The minimum atomic E-state index is -0.455. The topological polar surface area (TPSA) is 57.3 Å². The fourth-order valence-corrected chi connectivity index (χ4v) is 2.14. The van der Waals surface area contributed by atoms with Crippen molar-refractivity contribution in [3.63, 3.8) is 0 Å². The van der Waals surface area contributed by atoms with Gasteiger partial charge in [0.2, 0.25) is 0 Å². The van der Waals surface area contributed by atoms with E-state index in [1.54, 1.807) is 0 Å². The smallest absolute Gasteiger partial charge is 0.422 e. The van der Waals surface area contributed by atoms with Crippen LogP contribution in [0, 0.1) is 0 Å². The average Bonchev–Trinajstić information content (AvgIpc) is 2.96. The summed E-state index contributed by atoms with van der Waals surface area (Å²) in [6, 6.07) is 0. The first-order chi connectivity index (χ1) is 8.76. The zero-order valence-corrected chi connectivity index (χ0v) is 12.4. The maximum atomic E-state index is 11.6. The summed E-state index contributed by atoms with van der Waals surface area (Å²) in [5, 5.41) is 1.92. The van der Waals surface area contributed by atoms with E-state index in [-0.39, 0.29) is 11.7 Å². The average molecular weight is 271 g/mol. The Morgan fingerprint density at radius 2 is 1.89 bits per heavy atom. The number of amides is 1. The van der Waals surface area contributed by atoms with Crippen molar-refractivity contribution < 1.29 is 14.3 Å². The minimum Gasteiger partial charge on any atom is -0.443 e. The second-order valence-electron chi connectivity index (χ2n) is 6.62. The van der Waals surface area contributed by atoms with Crippen LogP contribution in [0.1, 0.15) is 27.7 Å². The van der Waals surface area contributed by atoms with Gasteiger partial charge in [-0.05, 0) is 27.7 Å². The zero-order chi connectivity index (χ0) is 14.1. The molecule has 2 heterocycles. The Labute approximate surface area is 115 Å². The number of ether oxygens (including phenoxy) is 2. The Kier molecular flexibility index (Phi) is 4.03. The molecule has 6 heteroatoms. The van der Waals surface area contributed by atoms with Crippen molar-refractivity contribution in [3.05, 3.63) is 0 Å². The molecule has 0 aromatic heterocycles. The number of piperazine rings is 1. The van der Waals surface area contributed by atoms with Gasteiger partial charge in [0.1, 0.15) is 11.2 Å². The molecule has 1 N–H and O–H groups in total. The predicted molar refractivity (Wildman–Crippen MR) is 71.7 cm³/mol. The molecule has 1 atom stereocenters. The molecule has 0 aliphatic carbocycles. The number of nitrogens with zero attached hydrogens (tertiary/aromatic N) is 2. The highest BCUT2D eigenvalue weighted by molar-refractivity contribution is 5.67. The van der Waals surface area contributed by atoms with E-state index in [0.717, 1.165) is 39.3 Å². The lowest BCUT2D eigenvalue weighted by molar-refractivity contribution is 0.0200. The highest BCUT2D eigenvalue weighted by Gasteiger charge is 2.41. The van der Waals surface area contributed by atoms with Crippen LogP contribution >= 0.6 is 0 Å². The zero-order valence-electron chi connectivity index (χ0n) is 12.4. The number of carbonyl (C=O) groups is 1. The van der Waals surface area contributed by atoms with Gasteiger partial charge in [0, 0.05) is 32.7 Å². The molecule has 0 aromatic rings. The summed E-state index contributed by atoms with van der Waals surface area (Å²) in [6.07, 6.45) is -0.376. The van der Waals surface area contributed by atoms with Crippen molar-refractivity contribution >= 4 is 6.09 Å². The Balaban J connectivity index is 1.67. The molecule has 2 saturated heterocycles. The lowest BCUT2D eigenvalue weighted by Gasteiger charge is -2.35. The van der Waals surface area contributed by atoms with Crippen LogP contribution in [0.5, 0.6) is 0 Å². The van der Waals surface area contributed by atoms with E-state index in [9.17, 15) is 4.79 Å².